The Morgan fingerprint density at radius 3 is 1.00 bits per heavy atom. The second-order valence-corrected chi connectivity index (χ2v) is 0. The van der Waals surface area contributed by atoms with Crippen LogP contribution in [-0.4, -0.2) is 119 Å². The SMILES string of the molecule is P.[CaH2].[KH].[NaH]. The van der Waals surface area contributed by atoms with Gasteiger partial charge in [-0.3, -0.25) is 0 Å². The summed E-state index contributed by atoms with van der Waals surface area (Å²) in [5, 5.41) is 0. The Morgan fingerprint density at radius 1 is 1.00 bits per heavy atom. The molecular weight excluding hydrogens is 133 g/mol. The molecule has 0 spiro atoms. The molecule has 4 heavy (non-hydrogen) atoms. The molecule has 0 aliphatic heterocycles. The normalized spacial score (nSPS) is 0. The summed E-state index contributed by atoms with van der Waals surface area (Å²) in [4.78, 5) is 0. The summed E-state index contributed by atoms with van der Waals surface area (Å²) in [6.07, 6.45) is 0. The van der Waals surface area contributed by atoms with Crippen molar-refractivity contribution in [1.82, 2.24) is 0 Å². The monoisotopic (exact) mass is 140 g/mol. The summed E-state index contributed by atoms with van der Waals surface area (Å²) in [7, 11) is 0. The number of hydrogen-bond acceptors (Lipinski definition) is 0. The van der Waals surface area contributed by atoms with Crippen LogP contribution >= 0.6 is 9.90 Å². The molecule has 0 heterocycles. The van der Waals surface area contributed by atoms with Crippen LogP contribution in [0.15, 0.2) is 0 Å². The topological polar surface area (TPSA) is 0 Å². The summed E-state index contributed by atoms with van der Waals surface area (Å²) in [6.45, 7) is 0. The van der Waals surface area contributed by atoms with E-state index in [4.69, 9.17) is 0 Å². The zero-order valence-electron chi connectivity index (χ0n) is 0.707. The molecule has 0 aliphatic rings. The van der Waals surface area contributed by atoms with Crippen LogP contribution in [0.3, 0.4) is 0 Å². The van der Waals surface area contributed by atoms with Crippen LogP contribution in [0.1, 0.15) is 0 Å². The molecule has 0 saturated heterocycles. The van der Waals surface area contributed by atoms with Crippen LogP contribution in [0.5, 0.6) is 0 Å². The van der Waals surface area contributed by atoms with Gasteiger partial charge in [0.25, 0.3) is 0 Å². The zero-order valence-corrected chi connectivity index (χ0v) is 2.12. The van der Waals surface area contributed by atoms with Gasteiger partial charge < -0.3 is 0 Å². The van der Waals surface area contributed by atoms with Gasteiger partial charge in [-0.1, -0.05) is 0 Å². The Hall–Kier alpha value is 4.33. The van der Waals surface area contributed by atoms with Crippen LogP contribution < -0.4 is 0 Å². The fraction of sp³-hybridized carbons (Fsp3) is 0. The zero-order chi connectivity index (χ0) is 0. The van der Waals surface area contributed by atoms with Gasteiger partial charge in [-0.25, -0.2) is 0 Å². The Bertz CT molecular complexity index is 8.00. The van der Waals surface area contributed by atoms with Gasteiger partial charge in [0.05, 0.1) is 0 Å². The first-order chi connectivity index (χ1) is 0. The molecule has 0 N–H and O–H groups in total. The second kappa shape index (κ2) is 15.7. The summed E-state index contributed by atoms with van der Waals surface area (Å²) in [6, 6.07) is 0. The fourth-order valence-corrected chi connectivity index (χ4v) is 0. The van der Waals surface area contributed by atoms with E-state index in [-0.39, 0.29) is 129 Å². The minimum absolute atomic E-state index is 0. The Morgan fingerprint density at radius 2 is 1.00 bits per heavy atom. The Labute approximate surface area is 125 Å². The molecule has 0 bridgehead atoms. The van der Waals surface area contributed by atoms with Crippen LogP contribution in [-0.2, 0) is 0 Å². The van der Waals surface area contributed by atoms with E-state index >= 15 is 0 Å². The maximum atomic E-state index is 0. The van der Waals surface area contributed by atoms with E-state index in [2.05, 4.69) is 0 Å². The van der Waals surface area contributed by atoms with Gasteiger partial charge in [-0.15, -0.1) is 0 Å². The van der Waals surface area contributed by atoms with E-state index < -0.39 is 0 Å². The van der Waals surface area contributed by atoms with E-state index in [0.29, 0.717) is 0 Å². The van der Waals surface area contributed by atoms with Crippen molar-refractivity contribution < 1.29 is 0 Å². The summed E-state index contributed by atoms with van der Waals surface area (Å²) >= 11 is 0. The summed E-state index contributed by atoms with van der Waals surface area (Å²) in [5.41, 5.74) is 0. The van der Waals surface area contributed by atoms with E-state index in [1.54, 1.807) is 0 Å². The van der Waals surface area contributed by atoms with E-state index in [9.17, 15) is 0 Å². The van der Waals surface area contributed by atoms with Gasteiger partial charge >= 0.3 is 119 Å². The molecule has 0 rings (SSSR count). The van der Waals surface area contributed by atoms with Crippen molar-refractivity contribution in [2.75, 3.05) is 0 Å². The van der Waals surface area contributed by atoms with Crippen LogP contribution in [0.4, 0.5) is 0 Å². The van der Waals surface area contributed by atoms with Gasteiger partial charge in [-0.05, 0) is 0 Å². The number of rotatable bonds is 0. The Balaban J connectivity index is 0. The van der Waals surface area contributed by atoms with Gasteiger partial charge in [0.15, 0.2) is 0 Å². The Kier molecular flexibility index (Phi) is 93.5. The standard InChI is InChI=1S/Ca.K.Na.H3P.4H/h;;;1H3;;;;. The first-order valence-corrected chi connectivity index (χ1v) is 0. The molecule has 1 atom stereocenters. The third kappa shape index (κ3) is 9.59. The average molecular weight is 140 g/mol. The third-order valence-corrected chi connectivity index (χ3v) is 0. The molecule has 0 aliphatic carbocycles. The van der Waals surface area contributed by atoms with E-state index in [1.807, 2.05) is 0 Å². The molecule has 0 fully saturated rings. The molecule has 0 amide bonds. The van der Waals surface area contributed by atoms with Crippen molar-refractivity contribution in [3.8, 4) is 0 Å². The summed E-state index contributed by atoms with van der Waals surface area (Å²) < 4.78 is 0. The van der Waals surface area contributed by atoms with Crippen molar-refractivity contribution in [3.63, 3.8) is 0 Å². The number of hydrogen-bond donors (Lipinski definition) is 0. The fourth-order valence-electron chi connectivity index (χ4n) is 0. The average Bonchev–Trinajstić information content (AvgIpc) is 0. The molecular formula is H7CaKNaP. The maximum absolute atomic E-state index is 0. The van der Waals surface area contributed by atoms with Crippen molar-refractivity contribution in [3.05, 3.63) is 0 Å². The van der Waals surface area contributed by atoms with Crippen LogP contribution in [0.25, 0.3) is 0 Å². The van der Waals surface area contributed by atoms with Crippen molar-refractivity contribution in [1.29, 1.82) is 0 Å². The quantitative estimate of drug-likeness (QED) is 0.266. The van der Waals surface area contributed by atoms with E-state index in [0.717, 1.165) is 0 Å². The van der Waals surface area contributed by atoms with Crippen molar-refractivity contribution in [2.24, 2.45) is 0 Å². The molecule has 0 saturated carbocycles. The van der Waals surface area contributed by atoms with Crippen molar-refractivity contribution >= 4 is 129 Å². The van der Waals surface area contributed by atoms with Crippen LogP contribution in [0, 0.1) is 0 Å². The van der Waals surface area contributed by atoms with Crippen LogP contribution in [0.2, 0.25) is 0 Å². The van der Waals surface area contributed by atoms with Gasteiger partial charge in [-0.2, -0.15) is 9.90 Å². The summed E-state index contributed by atoms with van der Waals surface area (Å²) in [5.74, 6) is 0. The van der Waals surface area contributed by atoms with Gasteiger partial charge in [0.2, 0.25) is 0 Å². The van der Waals surface area contributed by atoms with Crippen molar-refractivity contribution in [2.45, 2.75) is 0 Å². The van der Waals surface area contributed by atoms with E-state index in [1.165, 1.54) is 0 Å². The van der Waals surface area contributed by atoms with Gasteiger partial charge in [0.1, 0.15) is 0 Å². The molecule has 0 aromatic carbocycles. The first-order valence-electron chi connectivity index (χ1n) is 0. The minimum atomic E-state index is 0. The second-order valence-electron chi connectivity index (χ2n) is 0. The molecule has 1 unspecified atom stereocenters. The predicted octanol–water partition coefficient (Wildman–Crippen LogP) is -2.16. The predicted molar refractivity (Wildman–Crippen MR) is 33.9 cm³/mol. The molecule has 0 aromatic heterocycles. The first kappa shape index (κ1) is 23.9. The molecule has 4 heteroatoms. The molecule has 0 aromatic rings. The third-order valence-electron chi connectivity index (χ3n) is 0. The van der Waals surface area contributed by atoms with Gasteiger partial charge in [0, 0.05) is 0 Å². The molecule has 0 radical (unpaired) electrons. The molecule has 16 valence electrons. The molecule has 0 nitrogen and oxygen atoms in total.